The number of amides is 2. The van der Waals surface area contributed by atoms with Crippen molar-refractivity contribution in [3.8, 4) is 0 Å². The fourth-order valence-electron chi connectivity index (χ4n) is 1.39. The van der Waals surface area contributed by atoms with Gasteiger partial charge < -0.3 is 15.7 Å². The van der Waals surface area contributed by atoms with Crippen LogP contribution in [0.25, 0.3) is 0 Å². The van der Waals surface area contributed by atoms with Gasteiger partial charge in [-0.3, -0.25) is 4.98 Å². The summed E-state index contributed by atoms with van der Waals surface area (Å²) in [5.41, 5.74) is 0.904. The van der Waals surface area contributed by atoms with Gasteiger partial charge in [0, 0.05) is 18.9 Å². The molecule has 1 aromatic heterocycles. The number of pyridine rings is 1. The molecule has 1 atom stereocenters. The van der Waals surface area contributed by atoms with E-state index < -0.39 is 18.0 Å². The summed E-state index contributed by atoms with van der Waals surface area (Å²) >= 11 is 1.54. The van der Waals surface area contributed by atoms with Crippen LogP contribution in [-0.4, -0.2) is 40.1 Å². The lowest BCUT2D eigenvalue weighted by Crippen LogP contribution is -2.46. The van der Waals surface area contributed by atoms with Crippen LogP contribution in [0.5, 0.6) is 0 Å². The van der Waals surface area contributed by atoms with Crippen molar-refractivity contribution in [1.82, 2.24) is 15.6 Å². The number of nitrogens with zero attached hydrogens (tertiary/aromatic N) is 1. The number of rotatable bonds is 7. The van der Waals surface area contributed by atoms with E-state index in [2.05, 4.69) is 15.6 Å². The lowest BCUT2D eigenvalue weighted by molar-refractivity contribution is -0.139. The number of urea groups is 1. The molecule has 7 heteroatoms. The zero-order valence-electron chi connectivity index (χ0n) is 10.6. The first-order valence-corrected chi connectivity index (χ1v) is 7.18. The zero-order valence-corrected chi connectivity index (χ0v) is 11.4. The standard InChI is InChI=1S/C12H17N3O3S/c1-19-7-4-10(11(16)17)15-12(18)14-8-9-2-5-13-6-3-9/h2-3,5-6,10H,4,7-8H2,1H3,(H,16,17)(H2,14,15,18)/t10-/m0/s1. The molecule has 0 radical (unpaired) electrons. The van der Waals surface area contributed by atoms with Crippen LogP contribution in [0.3, 0.4) is 0 Å². The molecule has 0 spiro atoms. The molecule has 6 nitrogen and oxygen atoms in total. The molecule has 104 valence electrons. The van der Waals surface area contributed by atoms with Crippen LogP contribution in [0.15, 0.2) is 24.5 Å². The van der Waals surface area contributed by atoms with Gasteiger partial charge >= 0.3 is 12.0 Å². The number of hydrogen-bond acceptors (Lipinski definition) is 4. The predicted molar refractivity (Wildman–Crippen MR) is 74.0 cm³/mol. The lowest BCUT2D eigenvalue weighted by Gasteiger charge is -2.14. The quantitative estimate of drug-likeness (QED) is 0.696. The minimum Gasteiger partial charge on any atom is -0.480 e. The summed E-state index contributed by atoms with van der Waals surface area (Å²) in [4.78, 5) is 26.4. The number of carboxylic acids is 1. The minimum absolute atomic E-state index is 0.337. The first-order valence-electron chi connectivity index (χ1n) is 5.78. The van der Waals surface area contributed by atoms with Gasteiger partial charge in [0.1, 0.15) is 6.04 Å². The average Bonchev–Trinajstić information content (AvgIpc) is 2.42. The number of nitrogens with one attached hydrogen (secondary N) is 2. The number of carboxylic acid groups (broad SMARTS) is 1. The molecule has 1 rings (SSSR count). The number of hydrogen-bond donors (Lipinski definition) is 3. The zero-order chi connectivity index (χ0) is 14.1. The predicted octanol–water partition coefficient (Wildman–Crippen LogP) is 1.09. The Kier molecular flexibility index (Phi) is 6.73. The third kappa shape index (κ3) is 6.10. The molecule has 2 amide bonds. The van der Waals surface area contributed by atoms with Gasteiger partial charge in [-0.1, -0.05) is 0 Å². The highest BCUT2D eigenvalue weighted by molar-refractivity contribution is 7.98. The average molecular weight is 283 g/mol. The molecular weight excluding hydrogens is 266 g/mol. The Labute approximate surface area is 116 Å². The Hall–Kier alpha value is -1.76. The number of thioether (sulfide) groups is 1. The van der Waals surface area contributed by atoms with Crippen LogP contribution in [0.1, 0.15) is 12.0 Å². The number of aliphatic carboxylic acids is 1. The van der Waals surface area contributed by atoms with Crippen LogP contribution in [-0.2, 0) is 11.3 Å². The van der Waals surface area contributed by atoms with E-state index in [0.29, 0.717) is 18.7 Å². The van der Waals surface area contributed by atoms with Crippen LogP contribution >= 0.6 is 11.8 Å². The Bertz CT molecular complexity index is 414. The van der Waals surface area contributed by atoms with Gasteiger partial charge in [0.15, 0.2) is 0 Å². The monoisotopic (exact) mass is 283 g/mol. The summed E-state index contributed by atoms with van der Waals surface area (Å²) < 4.78 is 0. The molecule has 1 aromatic rings. The number of carbonyl (C=O) groups is 2. The molecule has 0 aliphatic heterocycles. The van der Waals surface area contributed by atoms with E-state index in [-0.39, 0.29) is 0 Å². The molecule has 0 aliphatic rings. The molecule has 0 saturated heterocycles. The van der Waals surface area contributed by atoms with Gasteiger partial charge in [-0.15, -0.1) is 0 Å². The summed E-state index contributed by atoms with van der Waals surface area (Å²) in [7, 11) is 0. The van der Waals surface area contributed by atoms with Gasteiger partial charge in [-0.2, -0.15) is 11.8 Å². The maximum atomic E-state index is 11.6. The van der Waals surface area contributed by atoms with Crippen LogP contribution in [0.4, 0.5) is 4.79 Å². The van der Waals surface area contributed by atoms with E-state index in [0.717, 1.165) is 5.56 Å². The lowest BCUT2D eigenvalue weighted by atomic mass is 10.2. The van der Waals surface area contributed by atoms with E-state index in [1.165, 1.54) is 0 Å². The molecule has 0 aromatic carbocycles. The van der Waals surface area contributed by atoms with E-state index in [4.69, 9.17) is 5.11 Å². The highest BCUT2D eigenvalue weighted by Gasteiger charge is 2.18. The third-order valence-electron chi connectivity index (χ3n) is 2.42. The highest BCUT2D eigenvalue weighted by atomic mass is 32.2. The second kappa shape index (κ2) is 8.36. The van der Waals surface area contributed by atoms with Crippen molar-refractivity contribution in [1.29, 1.82) is 0 Å². The normalized spacial score (nSPS) is 11.6. The largest absolute Gasteiger partial charge is 0.480 e. The van der Waals surface area contributed by atoms with Crippen molar-refractivity contribution in [3.05, 3.63) is 30.1 Å². The maximum absolute atomic E-state index is 11.6. The van der Waals surface area contributed by atoms with E-state index in [1.54, 1.807) is 36.3 Å². The number of aromatic nitrogens is 1. The molecule has 0 fully saturated rings. The SMILES string of the molecule is CSCC[C@H](NC(=O)NCc1ccncc1)C(=O)O. The van der Waals surface area contributed by atoms with E-state index in [1.807, 2.05) is 6.26 Å². The first kappa shape index (κ1) is 15.3. The van der Waals surface area contributed by atoms with Gasteiger partial charge in [0.05, 0.1) is 0 Å². The fourth-order valence-corrected chi connectivity index (χ4v) is 1.86. The second-order valence-electron chi connectivity index (χ2n) is 3.85. The summed E-state index contributed by atoms with van der Waals surface area (Å²) in [5, 5.41) is 14.0. The molecule has 1 heterocycles. The fraction of sp³-hybridized carbons (Fsp3) is 0.417. The molecule has 0 aliphatic carbocycles. The summed E-state index contributed by atoms with van der Waals surface area (Å²) in [6, 6.07) is 2.22. The van der Waals surface area contributed by atoms with Crippen molar-refractivity contribution in [3.63, 3.8) is 0 Å². The van der Waals surface area contributed by atoms with Crippen molar-refractivity contribution < 1.29 is 14.7 Å². The Morgan fingerprint density at radius 2 is 2.11 bits per heavy atom. The molecular formula is C12H17N3O3S. The third-order valence-corrected chi connectivity index (χ3v) is 3.06. The molecule has 19 heavy (non-hydrogen) atoms. The molecule has 0 bridgehead atoms. The Morgan fingerprint density at radius 1 is 1.42 bits per heavy atom. The van der Waals surface area contributed by atoms with E-state index >= 15 is 0 Å². The van der Waals surface area contributed by atoms with Gasteiger partial charge in [-0.05, 0) is 36.1 Å². The Balaban J connectivity index is 2.38. The summed E-state index contributed by atoms with van der Waals surface area (Å²) in [5.74, 6) is -0.338. The maximum Gasteiger partial charge on any atom is 0.326 e. The second-order valence-corrected chi connectivity index (χ2v) is 4.84. The van der Waals surface area contributed by atoms with E-state index in [9.17, 15) is 9.59 Å². The summed E-state index contributed by atoms with van der Waals surface area (Å²) in [6.45, 7) is 0.337. The van der Waals surface area contributed by atoms with Crippen molar-refractivity contribution in [2.75, 3.05) is 12.0 Å². The Morgan fingerprint density at radius 3 is 2.68 bits per heavy atom. The van der Waals surface area contributed by atoms with Crippen LogP contribution in [0.2, 0.25) is 0 Å². The van der Waals surface area contributed by atoms with Crippen molar-refractivity contribution in [2.24, 2.45) is 0 Å². The van der Waals surface area contributed by atoms with Crippen LogP contribution < -0.4 is 10.6 Å². The van der Waals surface area contributed by atoms with Gasteiger partial charge in [0.2, 0.25) is 0 Å². The topological polar surface area (TPSA) is 91.3 Å². The van der Waals surface area contributed by atoms with Gasteiger partial charge in [-0.25, -0.2) is 9.59 Å². The van der Waals surface area contributed by atoms with Crippen LogP contribution in [0, 0.1) is 0 Å². The molecule has 0 saturated carbocycles. The van der Waals surface area contributed by atoms with Crippen molar-refractivity contribution in [2.45, 2.75) is 19.0 Å². The van der Waals surface area contributed by atoms with Gasteiger partial charge in [0.25, 0.3) is 0 Å². The number of carbonyl (C=O) groups excluding carboxylic acids is 1. The minimum atomic E-state index is -1.02. The van der Waals surface area contributed by atoms with Crippen molar-refractivity contribution >= 4 is 23.8 Å². The molecule has 3 N–H and O–H groups in total. The smallest absolute Gasteiger partial charge is 0.326 e. The first-order chi connectivity index (χ1) is 9.13. The highest BCUT2D eigenvalue weighted by Crippen LogP contribution is 2.01. The summed E-state index contributed by atoms with van der Waals surface area (Å²) in [6.07, 6.45) is 5.56. The molecule has 0 unspecified atom stereocenters.